The van der Waals surface area contributed by atoms with Crippen LogP contribution in [0.25, 0.3) is 0 Å². The lowest BCUT2D eigenvalue weighted by atomic mass is 9.91. The molecule has 1 aliphatic rings. The predicted octanol–water partition coefficient (Wildman–Crippen LogP) is 5.70. The maximum Gasteiger partial charge on any atom is 0.265 e. The molecular weight excluding hydrogens is 384 g/mol. The van der Waals surface area contributed by atoms with Gasteiger partial charge < -0.3 is 15.0 Å². The third kappa shape index (κ3) is 4.38. The summed E-state index contributed by atoms with van der Waals surface area (Å²) in [7, 11) is 0. The molecule has 0 unspecified atom stereocenters. The molecule has 5 heteroatoms. The molecule has 4 nitrogen and oxygen atoms in total. The van der Waals surface area contributed by atoms with Gasteiger partial charge in [0.25, 0.3) is 5.91 Å². The SMILES string of the molecule is C[C@@H]1C[C@@H](Nc2ccccc2)c2ccccc2N1C(=O)COc1ccc(Cl)cc1. The highest BCUT2D eigenvalue weighted by molar-refractivity contribution is 6.30. The van der Waals surface area contributed by atoms with E-state index in [1.54, 1.807) is 24.3 Å². The van der Waals surface area contributed by atoms with E-state index in [4.69, 9.17) is 16.3 Å². The van der Waals surface area contributed by atoms with Crippen molar-refractivity contribution in [2.75, 3.05) is 16.8 Å². The molecule has 3 aromatic carbocycles. The summed E-state index contributed by atoms with van der Waals surface area (Å²) in [5.41, 5.74) is 3.13. The number of carbonyl (C=O) groups is 1. The number of rotatable bonds is 5. The molecule has 0 saturated carbocycles. The predicted molar refractivity (Wildman–Crippen MR) is 118 cm³/mol. The van der Waals surface area contributed by atoms with Crippen LogP contribution in [0.15, 0.2) is 78.9 Å². The van der Waals surface area contributed by atoms with Gasteiger partial charge in [-0.05, 0) is 61.4 Å². The zero-order valence-corrected chi connectivity index (χ0v) is 17.0. The van der Waals surface area contributed by atoms with Crippen molar-refractivity contribution in [1.29, 1.82) is 0 Å². The summed E-state index contributed by atoms with van der Waals surface area (Å²) in [4.78, 5) is 14.9. The third-order valence-electron chi connectivity index (χ3n) is 5.15. The summed E-state index contributed by atoms with van der Waals surface area (Å²) in [5, 5.41) is 4.25. The van der Waals surface area contributed by atoms with Crippen LogP contribution in [0.3, 0.4) is 0 Å². The molecule has 0 aromatic heterocycles. The Balaban J connectivity index is 1.53. The number of amides is 1. The highest BCUT2D eigenvalue weighted by Crippen LogP contribution is 2.38. The first-order chi connectivity index (χ1) is 14.1. The van der Waals surface area contributed by atoms with Gasteiger partial charge in [-0.3, -0.25) is 4.79 Å². The Morgan fingerprint density at radius 2 is 1.72 bits per heavy atom. The molecule has 0 spiro atoms. The molecule has 29 heavy (non-hydrogen) atoms. The van der Waals surface area contributed by atoms with E-state index in [1.165, 1.54) is 0 Å². The maximum absolute atomic E-state index is 13.0. The van der Waals surface area contributed by atoms with Crippen molar-refractivity contribution in [2.24, 2.45) is 0 Å². The van der Waals surface area contributed by atoms with E-state index in [-0.39, 0.29) is 24.6 Å². The minimum absolute atomic E-state index is 0.0168. The summed E-state index contributed by atoms with van der Waals surface area (Å²) >= 11 is 5.91. The number of carbonyl (C=O) groups excluding carboxylic acids is 1. The molecule has 0 bridgehead atoms. The van der Waals surface area contributed by atoms with Gasteiger partial charge in [0.2, 0.25) is 0 Å². The normalized spacial score (nSPS) is 18.1. The first kappa shape index (κ1) is 19.3. The van der Waals surface area contributed by atoms with Crippen molar-refractivity contribution in [3.05, 3.63) is 89.4 Å². The lowest BCUT2D eigenvalue weighted by Gasteiger charge is -2.40. The fraction of sp³-hybridized carbons (Fsp3) is 0.208. The first-order valence-electron chi connectivity index (χ1n) is 9.73. The zero-order chi connectivity index (χ0) is 20.2. The molecule has 0 radical (unpaired) electrons. The summed E-state index contributed by atoms with van der Waals surface area (Å²) in [6.07, 6.45) is 0.818. The zero-order valence-electron chi connectivity index (χ0n) is 16.2. The second-order valence-corrected chi connectivity index (χ2v) is 7.65. The Labute approximate surface area is 176 Å². The van der Waals surface area contributed by atoms with Gasteiger partial charge >= 0.3 is 0 Å². The van der Waals surface area contributed by atoms with E-state index in [0.717, 1.165) is 23.4 Å². The number of benzene rings is 3. The number of fused-ring (bicyclic) bond motifs is 1. The number of para-hydroxylation sites is 2. The van der Waals surface area contributed by atoms with E-state index >= 15 is 0 Å². The molecule has 1 heterocycles. The van der Waals surface area contributed by atoms with Crippen LogP contribution in [0.1, 0.15) is 24.9 Å². The van der Waals surface area contributed by atoms with Gasteiger partial charge in [0.15, 0.2) is 6.61 Å². The Bertz CT molecular complexity index is 976. The van der Waals surface area contributed by atoms with Gasteiger partial charge in [0, 0.05) is 22.4 Å². The van der Waals surface area contributed by atoms with Crippen LogP contribution in [0.2, 0.25) is 5.02 Å². The summed E-state index contributed by atoms with van der Waals surface area (Å²) in [5.74, 6) is 0.572. The number of hydrogen-bond donors (Lipinski definition) is 1. The highest BCUT2D eigenvalue weighted by Gasteiger charge is 2.33. The van der Waals surface area contributed by atoms with Gasteiger partial charge in [-0.1, -0.05) is 48.0 Å². The van der Waals surface area contributed by atoms with Gasteiger partial charge in [0.1, 0.15) is 5.75 Å². The Morgan fingerprint density at radius 1 is 1.03 bits per heavy atom. The molecule has 0 saturated heterocycles. The van der Waals surface area contributed by atoms with Crippen molar-refractivity contribution < 1.29 is 9.53 Å². The van der Waals surface area contributed by atoms with E-state index in [1.807, 2.05) is 41.3 Å². The van der Waals surface area contributed by atoms with E-state index < -0.39 is 0 Å². The van der Waals surface area contributed by atoms with Crippen LogP contribution >= 0.6 is 11.6 Å². The average molecular weight is 407 g/mol. The number of anilines is 2. The van der Waals surface area contributed by atoms with Crippen LogP contribution in [0, 0.1) is 0 Å². The van der Waals surface area contributed by atoms with Gasteiger partial charge in [-0.25, -0.2) is 0 Å². The summed E-state index contributed by atoms with van der Waals surface area (Å²) in [6.45, 7) is 2.06. The van der Waals surface area contributed by atoms with Crippen molar-refractivity contribution in [3.63, 3.8) is 0 Å². The van der Waals surface area contributed by atoms with E-state index in [9.17, 15) is 4.79 Å². The molecule has 1 amide bonds. The topological polar surface area (TPSA) is 41.6 Å². The molecule has 1 N–H and O–H groups in total. The molecular formula is C24H23ClN2O2. The largest absolute Gasteiger partial charge is 0.484 e. The van der Waals surface area contributed by atoms with Crippen molar-refractivity contribution >= 4 is 28.9 Å². The van der Waals surface area contributed by atoms with Crippen LogP contribution in [-0.4, -0.2) is 18.6 Å². The van der Waals surface area contributed by atoms with Gasteiger partial charge in [-0.2, -0.15) is 0 Å². The van der Waals surface area contributed by atoms with E-state index in [0.29, 0.717) is 10.8 Å². The quantitative estimate of drug-likeness (QED) is 0.591. The summed E-state index contributed by atoms with van der Waals surface area (Å²) < 4.78 is 5.70. The summed E-state index contributed by atoms with van der Waals surface area (Å²) in [6, 6.07) is 25.5. The lowest BCUT2D eigenvalue weighted by molar-refractivity contribution is -0.121. The van der Waals surface area contributed by atoms with Crippen LogP contribution in [0.4, 0.5) is 11.4 Å². The fourth-order valence-electron chi connectivity index (χ4n) is 3.81. The number of ether oxygens (including phenoxy) is 1. The van der Waals surface area contributed by atoms with Gasteiger partial charge in [0.05, 0.1) is 6.04 Å². The first-order valence-corrected chi connectivity index (χ1v) is 10.1. The molecule has 3 aromatic rings. The van der Waals surface area contributed by atoms with E-state index in [2.05, 4.69) is 30.4 Å². The molecule has 0 aliphatic carbocycles. The van der Waals surface area contributed by atoms with Crippen LogP contribution in [0.5, 0.6) is 5.75 Å². The highest BCUT2D eigenvalue weighted by atomic mass is 35.5. The minimum atomic E-state index is -0.0574. The van der Waals surface area contributed by atoms with Gasteiger partial charge in [-0.15, -0.1) is 0 Å². The Hall–Kier alpha value is -2.98. The molecule has 1 aliphatic heterocycles. The second kappa shape index (κ2) is 8.58. The fourth-order valence-corrected chi connectivity index (χ4v) is 3.94. The smallest absolute Gasteiger partial charge is 0.265 e. The molecule has 2 atom stereocenters. The molecule has 0 fully saturated rings. The maximum atomic E-state index is 13.0. The Morgan fingerprint density at radius 3 is 2.48 bits per heavy atom. The van der Waals surface area contributed by atoms with Crippen molar-refractivity contribution in [2.45, 2.75) is 25.4 Å². The molecule has 148 valence electrons. The number of hydrogen-bond acceptors (Lipinski definition) is 3. The van der Waals surface area contributed by atoms with Crippen molar-refractivity contribution in [1.82, 2.24) is 0 Å². The second-order valence-electron chi connectivity index (χ2n) is 7.21. The molecule has 4 rings (SSSR count). The third-order valence-corrected chi connectivity index (χ3v) is 5.40. The van der Waals surface area contributed by atoms with Crippen LogP contribution in [-0.2, 0) is 4.79 Å². The minimum Gasteiger partial charge on any atom is -0.484 e. The lowest BCUT2D eigenvalue weighted by Crippen LogP contribution is -2.46. The Kier molecular flexibility index (Phi) is 5.72. The monoisotopic (exact) mass is 406 g/mol. The number of nitrogens with one attached hydrogen (secondary N) is 1. The number of nitrogens with zero attached hydrogens (tertiary/aromatic N) is 1. The van der Waals surface area contributed by atoms with Crippen molar-refractivity contribution in [3.8, 4) is 5.75 Å². The number of halogens is 1. The van der Waals surface area contributed by atoms with Crippen LogP contribution < -0.4 is 15.0 Å². The average Bonchev–Trinajstić information content (AvgIpc) is 2.74. The standard InChI is InChI=1S/C24H23ClN2O2/c1-17-15-22(26-19-7-3-2-4-8-19)21-9-5-6-10-23(21)27(17)24(28)16-29-20-13-11-18(25)12-14-20/h2-14,17,22,26H,15-16H2,1H3/t17-,22-/m1/s1.